The predicted octanol–water partition coefficient (Wildman–Crippen LogP) is 2.23. The summed E-state index contributed by atoms with van der Waals surface area (Å²) in [5, 5.41) is 0. The minimum Gasteiger partial charge on any atom is -0.328 e. The van der Waals surface area contributed by atoms with Gasteiger partial charge in [-0.05, 0) is 52.1 Å². The molecule has 0 heterocycles. The Morgan fingerprint density at radius 3 is 2.21 bits per heavy atom. The van der Waals surface area contributed by atoms with Gasteiger partial charge in [-0.3, -0.25) is 0 Å². The van der Waals surface area contributed by atoms with E-state index in [-0.39, 0.29) is 0 Å². The fourth-order valence-corrected chi connectivity index (χ4v) is 2.74. The van der Waals surface area contributed by atoms with Gasteiger partial charge < -0.3 is 10.6 Å². The van der Waals surface area contributed by atoms with E-state index in [0.717, 1.165) is 12.0 Å². The lowest BCUT2D eigenvalue weighted by atomic mass is 9.80. The molecule has 1 rings (SSSR count). The third kappa shape index (κ3) is 3.25. The highest BCUT2D eigenvalue weighted by Gasteiger charge is 2.26. The van der Waals surface area contributed by atoms with Crippen molar-refractivity contribution in [1.82, 2.24) is 4.90 Å². The van der Waals surface area contributed by atoms with E-state index >= 15 is 0 Å². The third-order valence-electron chi connectivity index (χ3n) is 3.61. The van der Waals surface area contributed by atoms with Gasteiger partial charge in [-0.15, -0.1) is 0 Å². The van der Waals surface area contributed by atoms with Crippen LogP contribution in [-0.4, -0.2) is 31.1 Å². The van der Waals surface area contributed by atoms with Crippen LogP contribution in [0.4, 0.5) is 0 Å². The van der Waals surface area contributed by atoms with Crippen molar-refractivity contribution < 1.29 is 0 Å². The van der Waals surface area contributed by atoms with Crippen LogP contribution in [0.3, 0.4) is 0 Å². The monoisotopic (exact) mass is 198 g/mol. The highest BCUT2D eigenvalue weighted by atomic mass is 15.1. The summed E-state index contributed by atoms with van der Waals surface area (Å²) in [5.74, 6) is 0.893. The molecule has 2 nitrogen and oxygen atoms in total. The van der Waals surface area contributed by atoms with Gasteiger partial charge in [0, 0.05) is 12.1 Å². The SMILES string of the molecule is CCCC(C1CCC(N)CC1)N(C)C. The fourth-order valence-electron chi connectivity index (χ4n) is 2.74. The molecule has 84 valence electrons. The molecule has 1 unspecified atom stereocenters. The highest BCUT2D eigenvalue weighted by Crippen LogP contribution is 2.29. The third-order valence-corrected chi connectivity index (χ3v) is 3.61. The second-order valence-corrected chi connectivity index (χ2v) is 4.99. The molecule has 0 saturated heterocycles. The lowest BCUT2D eigenvalue weighted by Gasteiger charge is -2.36. The summed E-state index contributed by atoms with van der Waals surface area (Å²) in [6.07, 6.45) is 7.78. The summed E-state index contributed by atoms with van der Waals surface area (Å²) in [5.41, 5.74) is 5.93. The van der Waals surface area contributed by atoms with Crippen LogP contribution >= 0.6 is 0 Å². The van der Waals surface area contributed by atoms with Crippen molar-refractivity contribution >= 4 is 0 Å². The van der Waals surface area contributed by atoms with Gasteiger partial charge in [-0.25, -0.2) is 0 Å². The van der Waals surface area contributed by atoms with Crippen LogP contribution in [0.15, 0.2) is 0 Å². The molecule has 0 radical (unpaired) electrons. The minimum atomic E-state index is 0.482. The predicted molar refractivity (Wildman–Crippen MR) is 62.3 cm³/mol. The van der Waals surface area contributed by atoms with Crippen LogP contribution in [0.2, 0.25) is 0 Å². The molecule has 0 bridgehead atoms. The van der Waals surface area contributed by atoms with Gasteiger partial charge in [0.2, 0.25) is 0 Å². The maximum absolute atomic E-state index is 5.93. The van der Waals surface area contributed by atoms with Crippen molar-refractivity contribution in [2.45, 2.75) is 57.5 Å². The molecule has 1 atom stereocenters. The molecule has 0 aromatic carbocycles. The number of hydrogen-bond acceptors (Lipinski definition) is 2. The van der Waals surface area contributed by atoms with Gasteiger partial charge in [0.1, 0.15) is 0 Å². The summed E-state index contributed by atoms with van der Waals surface area (Å²) < 4.78 is 0. The Morgan fingerprint density at radius 2 is 1.79 bits per heavy atom. The zero-order valence-corrected chi connectivity index (χ0v) is 10.00. The quantitative estimate of drug-likeness (QED) is 0.750. The summed E-state index contributed by atoms with van der Waals surface area (Å²) in [6, 6.07) is 1.27. The van der Waals surface area contributed by atoms with Crippen LogP contribution in [-0.2, 0) is 0 Å². The molecule has 1 fully saturated rings. The summed E-state index contributed by atoms with van der Waals surface area (Å²) in [4.78, 5) is 2.41. The van der Waals surface area contributed by atoms with Crippen molar-refractivity contribution in [3.8, 4) is 0 Å². The largest absolute Gasteiger partial charge is 0.328 e. The molecular weight excluding hydrogens is 172 g/mol. The van der Waals surface area contributed by atoms with Crippen LogP contribution in [0, 0.1) is 5.92 Å². The first kappa shape index (κ1) is 12.0. The maximum Gasteiger partial charge on any atom is 0.0117 e. The van der Waals surface area contributed by atoms with E-state index in [1.807, 2.05) is 0 Å². The van der Waals surface area contributed by atoms with E-state index in [4.69, 9.17) is 5.73 Å². The summed E-state index contributed by atoms with van der Waals surface area (Å²) in [6.45, 7) is 2.28. The van der Waals surface area contributed by atoms with Crippen molar-refractivity contribution in [3.05, 3.63) is 0 Å². The first-order valence-electron chi connectivity index (χ1n) is 6.07. The molecule has 1 saturated carbocycles. The first-order chi connectivity index (χ1) is 6.65. The number of hydrogen-bond donors (Lipinski definition) is 1. The van der Waals surface area contributed by atoms with Crippen LogP contribution in [0.1, 0.15) is 45.4 Å². The molecule has 0 spiro atoms. The Balaban J connectivity index is 2.43. The van der Waals surface area contributed by atoms with Crippen molar-refractivity contribution in [3.63, 3.8) is 0 Å². The molecule has 0 aromatic heterocycles. The maximum atomic E-state index is 5.93. The average Bonchev–Trinajstić information content (AvgIpc) is 2.15. The molecule has 0 aromatic rings. The Bertz CT molecular complexity index is 148. The van der Waals surface area contributed by atoms with Crippen molar-refractivity contribution in [2.75, 3.05) is 14.1 Å². The zero-order valence-electron chi connectivity index (χ0n) is 10.00. The number of nitrogens with two attached hydrogens (primary N) is 1. The van der Waals surface area contributed by atoms with Crippen LogP contribution in [0.5, 0.6) is 0 Å². The molecule has 1 aliphatic carbocycles. The molecule has 0 amide bonds. The van der Waals surface area contributed by atoms with Gasteiger partial charge in [0.05, 0.1) is 0 Å². The van der Waals surface area contributed by atoms with E-state index in [9.17, 15) is 0 Å². The lowest BCUT2D eigenvalue weighted by molar-refractivity contribution is 0.153. The Kier molecular flexibility index (Phi) is 4.90. The van der Waals surface area contributed by atoms with Gasteiger partial charge in [-0.2, -0.15) is 0 Å². The standard InChI is InChI=1S/C12H26N2/c1-4-5-12(14(2)3)10-6-8-11(13)9-7-10/h10-12H,4-9,13H2,1-3H3. The number of nitrogens with zero attached hydrogens (tertiary/aromatic N) is 1. The van der Waals surface area contributed by atoms with Gasteiger partial charge in [-0.1, -0.05) is 13.3 Å². The Labute approximate surface area is 88.8 Å². The zero-order chi connectivity index (χ0) is 10.6. The number of rotatable bonds is 4. The topological polar surface area (TPSA) is 29.3 Å². The van der Waals surface area contributed by atoms with E-state index in [0.29, 0.717) is 6.04 Å². The van der Waals surface area contributed by atoms with E-state index in [1.54, 1.807) is 0 Å². The molecule has 1 aliphatic rings. The van der Waals surface area contributed by atoms with Gasteiger partial charge >= 0.3 is 0 Å². The Morgan fingerprint density at radius 1 is 1.21 bits per heavy atom. The molecule has 0 aliphatic heterocycles. The molecule has 14 heavy (non-hydrogen) atoms. The normalized spacial score (nSPS) is 30.6. The first-order valence-corrected chi connectivity index (χ1v) is 6.07. The second kappa shape index (κ2) is 5.72. The van der Waals surface area contributed by atoms with Crippen LogP contribution < -0.4 is 5.73 Å². The second-order valence-electron chi connectivity index (χ2n) is 4.99. The fraction of sp³-hybridized carbons (Fsp3) is 1.00. The van der Waals surface area contributed by atoms with Crippen molar-refractivity contribution in [1.29, 1.82) is 0 Å². The smallest absolute Gasteiger partial charge is 0.0117 e. The Hall–Kier alpha value is -0.0800. The van der Waals surface area contributed by atoms with Crippen molar-refractivity contribution in [2.24, 2.45) is 11.7 Å². The van der Waals surface area contributed by atoms with E-state index in [1.165, 1.54) is 38.5 Å². The van der Waals surface area contributed by atoms with E-state index < -0.39 is 0 Å². The molecule has 2 N–H and O–H groups in total. The summed E-state index contributed by atoms with van der Waals surface area (Å²) in [7, 11) is 4.43. The van der Waals surface area contributed by atoms with Gasteiger partial charge in [0.15, 0.2) is 0 Å². The average molecular weight is 198 g/mol. The highest BCUT2D eigenvalue weighted by molar-refractivity contribution is 4.82. The van der Waals surface area contributed by atoms with Gasteiger partial charge in [0.25, 0.3) is 0 Å². The summed E-state index contributed by atoms with van der Waals surface area (Å²) >= 11 is 0. The lowest BCUT2D eigenvalue weighted by Crippen LogP contribution is -2.39. The molecule has 2 heteroatoms. The van der Waals surface area contributed by atoms with E-state index in [2.05, 4.69) is 25.9 Å². The minimum absolute atomic E-state index is 0.482. The van der Waals surface area contributed by atoms with Crippen LogP contribution in [0.25, 0.3) is 0 Å². The molecular formula is C12H26N2.